The molecule has 2 rings (SSSR count). The van der Waals surface area contributed by atoms with E-state index in [9.17, 15) is 0 Å². The van der Waals surface area contributed by atoms with Crippen LogP contribution in [0.3, 0.4) is 0 Å². The van der Waals surface area contributed by atoms with Gasteiger partial charge in [-0.15, -0.1) is 0 Å². The van der Waals surface area contributed by atoms with Gasteiger partial charge >= 0.3 is 0 Å². The van der Waals surface area contributed by atoms with Crippen molar-refractivity contribution in [1.82, 2.24) is 3.11 Å². The largest absolute Gasteiger partial charge is 0.244 e. The highest BCUT2D eigenvalue weighted by molar-refractivity contribution is 14.1. The standard InChI is InChI=1S/C8H14IN/c1-2-8-7-4-3-6(7)5-10(8)9/h6-8H,2-5H2,1H3/t6-,7-,8?/m1/s1. The average Bonchev–Trinajstić information content (AvgIpc) is 2.09. The van der Waals surface area contributed by atoms with E-state index in [1.165, 1.54) is 25.8 Å². The van der Waals surface area contributed by atoms with Gasteiger partial charge in [0, 0.05) is 35.5 Å². The van der Waals surface area contributed by atoms with E-state index >= 15 is 0 Å². The molecule has 1 saturated heterocycles. The van der Waals surface area contributed by atoms with Gasteiger partial charge < -0.3 is 0 Å². The molecule has 1 heterocycles. The van der Waals surface area contributed by atoms with Gasteiger partial charge in [-0.25, -0.2) is 3.11 Å². The third kappa shape index (κ3) is 0.916. The molecular weight excluding hydrogens is 237 g/mol. The van der Waals surface area contributed by atoms with Crippen LogP contribution in [0.5, 0.6) is 0 Å². The zero-order chi connectivity index (χ0) is 7.14. The Kier molecular flexibility index (Phi) is 1.93. The monoisotopic (exact) mass is 251 g/mol. The lowest BCUT2D eigenvalue weighted by molar-refractivity contribution is 0.202. The SMILES string of the molecule is CCC1[C@@H]2CC[C@@H]2CN1I. The topological polar surface area (TPSA) is 3.24 Å². The van der Waals surface area contributed by atoms with E-state index in [-0.39, 0.29) is 0 Å². The first-order valence-electron chi connectivity index (χ1n) is 4.25. The van der Waals surface area contributed by atoms with Crippen molar-refractivity contribution in [2.24, 2.45) is 11.8 Å². The molecule has 10 heavy (non-hydrogen) atoms. The molecule has 1 aliphatic carbocycles. The Bertz CT molecular complexity index is 137. The smallest absolute Gasteiger partial charge is 0.0223 e. The number of fused-ring (bicyclic) bond motifs is 1. The van der Waals surface area contributed by atoms with Crippen molar-refractivity contribution in [1.29, 1.82) is 0 Å². The minimum absolute atomic E-state index is 0.916. The van der Waals surface area contributed by atoms with E-state index in [1.54, 1.807) is 0 Å². The van der Waals surface area contributed by atoms with Gasteiger partial charge in [-0.05, 0) is 31.1 Å². The second kappa shape index (κ2) is 2.63. The third-order valence-corrected chi connectivity index (χ3v) is 4.27. The maximum absolute atomic E-state index is 2.53. The second-order valence-corrected chi connectivity index (χ2v) is 4.80. The first-order chi connectivity index (χ1) is 4.83. The Balaban J connectivity index is 2.04. The maximum Gasteiger partial charge on any atom is 0.0223 e. The Hall–Kier alpha value is 0.690. The molecule has 1 saturated carbocycles. The van der Waals surface area contributed by atoms with Crippen LogP contribution in [0, 0.1) is 11.8 Å². The summed E-state index contributed by atoms with van der Waals surface area (Å²) in [5, 5.41) is 0. The van der Waals surface area contributed by atoms with Crippen LogP contribution in [0.1, 0.15) is 26.2 Å². The summed E-state index contributed by atoms with van der Waals surface area (Å²) in [5.41, 5.74) is 0. The van der Waals surface area contributed by atoms with Crippen molar-refractivity contribution in [3.63, 3.8) is 0 Å². The number of hydrogen-bond donors (Lipinski definition) is 0. The maximum atomic E-state index is 2.53. The summed E-state index contributed by atoms with van der Waals surface area (Å²) < 4.78 is 2.53. The van der Waals surface area contributed by atoms with Crippen LogP contribution >= 0.6 is 22.9 Å². The van der Waals surface area contributed by atoms with Gasteiger partial charge in [0.25, 0.3) is 0 Å². The fourth-order valence-electron chi connectivity index (χ4n) is 2.40. The molecule has 0 aromatic rings. The molecule has 2 heteroatoms. The average molecular weight is 251 g/mol. The summed E-state index contributed by atoms with van der Waals surface area (Å²) in [5.74, 6) is 2.14. The van der Waals surface area contributed by atoms with Crippen LogP contribution in [0.2, 0.25) is 0 Å². The molecular formula is C8H14IN. The van der Waals surface area contributed by atoms with Gasteiger partial charge in [0.05, 0.1) is 0 Å². The highest BCUT2D eigenvalue weighted by atomic mass is 127. The van der Waals surface area contributed by atoms with E-state index in [4.69, 9.17) is 0 Å². The lowest BCUT2D eigenvalue weighted by atomic mass is 9.72. The number of nitrogens with zero attached hydrogens (tertiary/aromatic N) is 1. The van der Waals surface area contributed by atoms with E-state index in [0.29, 0.717) is 0 Å². The molecule has 2 fully saturated rings. The van der Waals surface area contributed by atoms with Crippen molar-refractivity contribution in [2.45, 2.75) is 32.2 Å². The predicted octanol–water partition coefficient (Wildman–Crippen LogP) is 2.46. The molecule has 0 N–H and O–H groups in total. The Morgan fingerprint density at radius 1 is 1.50 bits per heavy atom. The quantitative estimate of drug-likeness (QED) is 0.511. The van der Waals surface area contributed by atoms with Crippen molar-refractivity contribution in [2.75, 3.05) is 6.54 Å². The first kappa shape index (κ1) is 7.35. The molecule has 0 bridgehead atoms. The van der Waals surface area contributed by atoms with E-state index < -0.39 is 0 Å². The second-order valence-electron chi connectivity index (χ2n) is 3.56. The number of rotatable bonds is 1. The zero-order valence-corrected chi connectivity index (χ0v) is 8.54. The molecule has 58 valence electrons. The van der Waals surface area contributed by atoms with Crippen molar-refractivity contribution >= 4 is 22.9 Å². The van der Waals surface area contributed by atoms with Gasteiger partial charge in [0.1, 0.15) is 0 Å². The zero-order valence-electron chi connectivity index (χ0n) is 6.39. The minimum atomic E-state index is 0.916. The number of hydrogen-bond acceptors (Lipinski definition) is 1. The summed E-state index contributed by atoms with van der Waals surface area (Å²) in [6.07, 6.45) is 4.35. The van der Waals surface area contributed by atoms with Crippen LogP contribution in [-0.4, -0.2) is 15.7 Å². The Labute approximate surface area is 76.7 Å². The molecule has 3 atom stereocenters. The van der Waals surface area contributed by atoms with Gasteiger partial charge in [0.2, 0.25) is 0 Å². The van der Waals surface area contributed by atoms with Crippen LogP contribution in [0.4, 0.5) is 0 Å². The van der Waals surface area contributed by atoms with E-state index in [0.717, 1.165) is 17.9 Å². The van der Waals surface area contributed by atoms with Gasteiger partial charge in [-0.2, -0.15) is 0 Å². The van der Waals surface area contributed by atoms with Crippen LogP contribution in [0.15, 0.2) is 0 Å². The molecule has 1 aliphatic heterocycles. The van der Waals surface area contributed by atoms with Crippen LogP contribution in [0.25, 0.3) is 0 Å². The van der Waals surface area contributed by atoms with Crippen molar-refractivity contribution in [3.8, 4) is 0 Å². The summed E-state index contributed by atoms with van der Waals surface area (Å²) in [6, 6.07) is 0.916. The predicted molar refractivity (Wildman–Crippen MR) is 51.0 cm³/mol. The van der Waals surface area contributed by atoms with Crippen molar-refractivity contribution in [3.05, 3.63) is 0 Å². The molecule has 0 aromatic heterocycles. The van der Waals surface area contributed by atoms with Gasteiger partial charge in [-0.3, -0.25) is 0 Å². The first-order valence-corrected chi connectivity index (χ1v) is 5.22. The molecule has 0 radical (unpaired) electrons. The molecule has 2 aliphatic rings. The van der Waals surface area contributed by atoms with Crippen LogP contribution < -0.4 is 0 Å². The summed E-state index contributed by atoms with van der Waals surface area (Å²) in [7, 11) is 0. The summed E-state index contributed by atoms with van der Waals surface area (Å²) >= 11 is 2.50. The van der Waals surface area contributed by atoms with Crippen LogP contribution in [-0.2, 0) is 0 Å². The fraction of sp³-hybridized carbons (Fsp3) is 1.00. The number of halogens is 1. The highest BCUT2D eigenvalue weighted by Crippen LogP contribution is 2.46. The fourth-order valence-corrected chi connectivity index (χ4v) is 3.71. The molecule has 0 amide bonds. The summed E-state index contributed by atoms with van der Waals surface area (Å²) in [4.78, 5) is 0. The van der Waals surface area contributed by atoms with Gasteiger partial charge in [0.15, 0.2) is 0 Å². The Morgan fingerprint density at radius 3 is 2.60 bits per heavy atom. The lowest BCUT2D eigenvalue weighted by Crippen LogP contribution is -2.30. The molecule has 0 aromatic carbocycles. The highest BCUT2D eigenvalue weighted by Gasteiger charge is 2.44. The lowest BCUT2D eigenvalue weighted by Gasteiger charge is -2.32. The summed E-state index contributed by atoms with van der Waals surface area (Å²) in [6.45, 7) is 3.68. The van der Waals surface area contributed by atoms with Gasteiger partial charge in [-0.1, -0.05) is 6.92 Å². The Morgan fingerprint density at radius 2 is 2.30 bits per heavy atom. The normalized spacial score (nSPS) is 46.8. The minimum Gasteiger partial charge on any atom is -0.244 e. The molecule has 1 unspecified atom stereocenters. The van der Waals surface area contributed by atoms with E-state index in [2.05, 4.69) is 32.9 Å². The van der Waals surface area contributed by atoms with E-state index in [1.807, 2.05) is 0 Å². The third-order valence-electron chi connectivity index (χ3n) is 3.16. The molecule has 0 spiro atoms. The van der Waals surface area contributed by atoms with Crippen molar-refractivity contribution < 1.29 is 0 Å². The molecule has 1 nitrogen and oxygen atoms in total.